The van der Waals surface area contributed by atoms with Crippen molar-refractivity contribution in [3.05, 3.63) is 52.5 Å². The van der Waals surface area contributed by atoms with Gasteiger partial charge in [0.05, 0.1) is 24.1 Å². The monoisotopic (exact) mass is 595 g/mol. The first-order chi connectivity index (χ1) is 18.0. The molecule has 210 valence electrons. The summed E-state index contributed by atoms with van der Waals surface area (Å²) in [5, 5.41) is 22.2. The van der Waals surface area contributed by atoms with Crippen molar-refractivity contribution in [2.24, 2.45) is 0 Å². The number of fused-ring (bicyclic) bond motifs is 2. The first-order valence-electron chi connectivity index (χ1n) is 13.6. The summed E-state index contributed by atoms with van der Waals surface area (Å²) in [6.45, 7) is 3.17. The Bertz CT molecular complexity index is 1160. The Morgan fingerprint density at radius 1 is 1.16 bits per heavy atom. The minimum Gasteiger partial charge on any atom is -0.394 e. The van der Waals surface area contributed by atoms with Gasteiger partial charge in [0.15, 0.2) is 5.70 Å². The summed E-state index contributed by atoms with van der Waals surface area (Å²) in [4.78, 5) is 11.4. The largest absolute Gasteiger partial charge is 0.737 e. The van der Waals surface area contributed by atoms with E-state index in [0.29, 0.717) is 22.8 Å². The molecule has 0 aromatic carbocycles. The molecule has 1 aromatic heterocycles. The molecule has 1 amide bonds. The number of unbranched alkanes of at least 4 members (excludes halogenated alkanes) is 6. The van der Waals surface area contributed by atoms with Crippen LogP contribution in [-0.2, 0) is 4.79 Å². The number of alkyl halides is 1. The lowest BCUT2D eigenvalue weighted by molar-refractivity contribution is -0.363. The number of nitrogens with one attached hydrogen (secondary N) is 1. The average Bonchev–Trinajstić information content (AvgIpc) is 3.35. The molecule has 0 fully saturated rings. The van der Waals surface area contributed by atoms with Crippen LogP contribution in [0.25, 0.3) is 5.57 Å². The number of aliphatic hydroxyl groups excluding tert-OH is 2. The van der Waals surface area contributed by atoms with Gasteiger partial charge >= 0.3 is 6.97 Å². The lowest BCUT2D eigenvalue weighted by Gasteiger charge is -2.34. The third-order valence-corrected chi connectivity index (χ3v) is 8.00. The second-order valence-corrected chi connectivity index (χ2v) is 11.1. The number of carbonyl (C=O) groups excluding carboxylic acids is 1. The van der Waals surface area contributed by atoms with Crippen molar-refractivity contribution < 1.29 is 28.1 Å². The highest BCUT2D eigenvalue weighted by molar-refractivity contribution is 9.09. The second kappa shape index (κ2) is 13.4. The zero-order chi connectivity index (χ0) is 28.0. The first kappa shape index (κ1) is 30.5. The molecule has 38 heavy (non-hydrogen) atoms. The van der Waals surface area contributed by atoms with Gasteiger partial charge in [-0.3, -0.25) is 4.79 Å². The molecule has 2 aliphatic heterocycles. The number of aromatic nitrogens is 1. The van der Waals surface area contributed by atoms with E-state index in [-0.39, 0.29) is 17.8 Å². The van der Waals surface area contributed by atoms with Crippen LogP contribution >= 0.6 is 15.9 Å². The average molecular weight is 596 g/mol. The maximum Gasteiger partial charge on any atom is 0.737 e. The Morgan fingerprint density at radius 3 is 2.47 bits per heavy atom. The number of carbonyl (C=O) groups is 1. The van der Waals surface area contributed by atoms with Gasteiger partial charge in [0.25, 0.3) is 0 Å². The molecule has 0 aliphatic carbocycles. The van der Waals surface area contributed by atoms with Gasteiger partial charge in [-0.15, -0.1) is 0 Å². The van der Waals surface area contributed by atoms with Crippen molar-refractivity contribution in [3.63, 3.8) is 0 Å². The summed E-state index contributed by atoms with van der Waals surface area (Å²) in [5.41, 5.74) is 5.47. The quantitative estimate of drug-likeness (QED) is 0.117. The predicted molar refractivity (Wildman–Crippen MR) is 154 cm³/mol. The van der Waals surface area contributed by atoms with E-state index in [4.69, 9.17) is 0 Å². The van der Waals surface area contributed by atoms with Gasteiger partial charge in [0.2, 0.25) is 5.91 Å². The van der Waals surface area contributed by atoms with Crippen LogP contribution in [-0.4, -0.2) is 61.8 Å². The van der Waals surface area contributed by atoms with Crippen molar-refractivity contribution in [3.8, 4) is 0 Å². The van der Waals surface area contributed by atoms with Crippen LogP contribution in [0.3, 0.4) is 0 Å². The molecule has 10 heteroatoms. The molecular formula is C28H41BBrF2N3O3. The zero-order valence-electron chi connectivity index (χ0n) is 22.9. The maximum absolute atomic E-state index is 15.6. The fraction of sp³-hybridized carbons (Fsp3) is 0.571. The molecule has 3 N–H and O–H groups in total. The SMILES string of the molecule is CC1=CC(C)=[N+]2C1=C(CCCCCCCC/C=C/[C@@H](O)[C@H](CO)NC(=O)CBr)c1c(C)cc(C)n1[B-]2(F)F. The lowest BCUT2D eigenvalue weighted by Crippen LogP contribution is -2.51. The first-order valence-corrected chi connectivity index (χ1v) is 14.7. The molecule has 0 saturated carbocycles. The van der Waals surface area contributed by atoms with Gasteiger partial charge in [-0.05, 0) is 63.8 Å². The van der Waals surface area contributed by atoms with Crippen molar-refractivity contribution in [1.82, 2.24) is 9.79 Å². The Labute approximate surface area is 233 Å². The summed E-state index contributed by atoms with van der Waals surface area (Å²) in [6, 6.07) is 1.16. The Balaban J connectivity index is 1.47. The minimum absolute atomic E-state index is 0.121. The number of halogens is 3. The summed E-state index contributed by atoms with van der Waals surface area (Å²) >= 11 is 3.05. The molecular weight excluding hydrogens is 555 g/mol. The molecule has 0 unspecified atom stereocenters. The highest BCUT2D eigenvalue weighted by atomic mass is 79.9. The van der Waals surface area contributed by atoms with Crippen LogP contribution < -0.4 is 5.32 Å². The van der Waals surface area contributed by atoms with Crippen molar-refractivity contribution >= 4 is 40.1 Å². The van der Waals surface area contributed by atoms with E-state index < -0.39 is 19.1 Å². The van der Waals surface area contributed by atoms with Gasteiger partial charge in [-0.2, -0.15) is 0 Å². The molecule has 3 rings (SSSR count). The predicted octanol–water partition coefficient (Wildman–Crippen LogP) is 5.40. The van der Waals surface area contributed by atoms with E-state index in [9.17, 15) is 15.0 Å². The van der Waals surface area contributed by atoms with Crippen LogP contribution in [0.1, 0.15) is 82.2 Å². The van der Waals surface area contributed by atoms with Crippen molar-refractivity contribution in [2.75, 3.05) is 11.9 Å². The molecule has 1 aromatic rings. The number of hydrogen-bond donors (Lipinski definition) is 3. The number of aryl methyl sites for hydroxylation is 2. The van der Waals surface area contributed by atoms with Gasteiger partial charge in [-0.25, -0.2) is 0 Å². The van der Waals surface area contributed by atoms with Crippen molar-refractivity contribution in [1.29, 1.82) is 0 Å². The molecule has 2 atom stereocenters. The summed E-state index contributed by atoms with van der Waals surface area (Å²) in [6.07, 6.45) is 12.3. The fourth-order valence-electron chi connectivity index (χ4n) is 5.79. The standard InChI is InChI=1S/C28H41BBrF2N3O3/c1-19-15-21(3)34-27(19)23(28-20(2)16-22(4)35(28)29(34,31)32)13-11-9-7-5-6-8-10-12-14-25(37)24(18-36)33-26(38)17-30/h12,14-16,24-25,36-37H,5-11,13,17-18H2,1-4H3,(H,33,38)/b14-12+/t24-,25+/m0/s1. The molecule has 0 saturated heterocycles. The number of aliphatic hydroxyl groups is 2. The summed E-state index contributed by atoms with van der Waals surface area (Å²) < 4.78 is 33.8. The Morgan fingerprint density at radius 2 is 1.82 bits per heavy atom. The third-order valence-electron chi connectivity index (χ3n) is 7.49. The van der Waals surface area contributed by atoms with Crippen LogP contribution in [0.15, 0.2) is 35.6 Å². The van der Waals surface area contributed by atoms with Crippen LogP contribution in [0.4, 0.5) is 8.63 Å². The maximum atomic E-state index is 15.6. The van der Waals surface area contributed by atoms with E-state index in [1.54, 1.807) is 19.9 Å². The molecule has 2 aliphatic rings. The number of rotatable bonds is 14. The number of nitrogens with zero attached hydrogens (tertiary/aromatic N) is 2. The van der Waals surface area contributed by atoms with Gasteiger partial charge < -0.3 is 33.1 Å². The summed E-state index contributed by atoms with van der Waals surface area (Å²) in [5.74, 6) is -0.282. The molecule has 0 spiro atoms. The van der Waals surface area contributed by atoms with E-state index in [1.807, 2.05) is 32.1 Å². The highest BCUT2D eigenvalue weighted by Gasteiger charge is 2.54. The number of amides is 1. The fourth-order valence-corrected chi connectivity index (χ4v) is 5.95. The number of hydrogen-bond acceptors (Lipinski definition) is 3. The highest BCUT2D eigenvalue weighted by Crippen LogP contribution is 2.43. The number of allylic oxidation sites excluding steroid dienone is 4. The normalized spacial score (nSPS) is 18.1. The van der Waals surface area contributed by atoms with E-state index in [1.165, 1.54) is 8.96 Å². The topological polar surface area (TPSA) is 77.5 Å². The van der Waals surface area contributed by atoms with Crippen molar-refractivity contribution in [2.45, 2.75) is 91.2 Å². The third kappa shape index (κ3) is 6.57. The molecule has 6 nitrogen and oxygen atoms in total. The molecule has 3 heterocycles. The van der Waals surface area contributed by atoms with E-state index >= 15 is 8.63 Å². The van der Waals surface area contributed by atoms with E-state index in [0.717, 1.165) is 68.1 Å². The van der Waals surface area contributed by atoms with E-state index in [2.05, 4.69) is 21.2 Å². The molecule has 0 radical (unpaired) electrons. The Kier molecular flexibility index (Phi) is 10.7. The molecule has 0 bridgehead atoms. The minimum atomic E-state index is -3.90. The zero-order valence-corrected chi connectivity index (χ0v) is 24.5. The van der Waals surface area contributed by atoms with Gasteiger partial charge in [0.1, 0.15) is 5.71 Å². The van der Waals surface area contributed by atoms with Crippen LogP contribution in [0.2, 0.25) is 0 Å². The smallest absolute Gasteiger partial charge is 0.394 e. The van der Waals surface area contributed by atoms with Gasteiger partial charge in [-0.1, -0.05) is 53.8 Å². The van der Waals surface area contributed by atoms with Gasteiger partial charge in [0, 0.05) is 29.8 Å². The van der Waals surface area contributed by atoms with Crippen LogP contribution in [0, 0.1) is 13.8 Å². The van der Waals surface area contributed by atoms with Crippen LogP contribution in [0.5, 0.6) is 0 Å². The Hall–Kier alpha value is -2.04. The lowest BCUT2D eigenvalue weighted by atomic mass is 9.84. The summed E-state index contributed by atoms with van der Waals surface area (Å²) in [7, 11) is 0. The second-order valence-electron chi connectivity index (χ2n) is 10.5.